The van der Waals surface area contributed by atoms with E-state index in [0.717, 1.165) is 5.56 Å². The third-order valence-electron chi connectivity index (χ3n) is 2.47. The number of nitrogens with two attached hydrogens (primary N) is 1. The summed E-state index contributed by atoms with van der Waals surface area (Å²) >= 11 is 0. The lowest BCUT2D eigenvalue weighted by molar-refractivity contribution is -0.121. The predicted molar refractivity (Wildman–Crippen MR) is 69.7 cm³/mol. The van der Waals surface area contributed by atoms with Crippen LogP contribution in [0.4, 0.5) is 0 Å². The fourth-order valence-electron chi connectivity index (χ4n) is 1.65. The predicted octanol–water partition coefficient (Wildman–Crippen LogP) is 1.06. The molecule has 1 amide bonds. The summed E-state index contributed by atoms with van der Waals surface area (Å²) in [6.45, 7) is 2.19. The average molecular weight is 252 g/mol. The van der Waals surface area contributed by atoms with Gasteiger partial charge < -0.3 is 20.5 Å². The highest BCUT2D eigenvalue weighted by Crippen LogP contribution is 2.30. The summed E-state index contributed by atoms with van der Waals surface area (Å²) < 4.78 is 10.5. The Morgan fingerprint density at radius 2 is 2.11 bits per heavy atom. The van der Waals surface area contributed by atoms with Gasteiger partial charge in [0, 0.05) is 24.6 Å². The molecule has 3 N–H and O–H groups in total. The van der Waals surface area contributed by atoms with Crippen LogP contribution >= 0.6 is 0 Å². The van der Waals surface area contributed by atoms with Crippen LogP contribution in [0.25, 0.3) is 0 Å². The number of methoxy groups -OCH3 is 2. The maximum atomic E-state index is 11.5. The molecule has 0 bridgehead atoms. The second kappa shape index (κ2) is 6.86. The van der Waals surface area contributed by atoms with Gasteiger partial charge >= 0.3 is 0 Å². The Morgan fingerprint density at radius 1 is 1.39 bits per heavy atom. The molecule has 0 aliphatic heterocycles. The lowest BCUT2D eigenvalue weighted by atomic mass is 10.1. The number of hydrogen-bond acceptors (Lipinski definition) is 4. The quantitative estimate of drug-likeness (QED) is 0.794. The number of carbonyl (C=O) groups excluding carboxylic acids is 1. The van der Waals surface area contributed by atoms with Gasteiger partial charge in [-0.15, -0.1) is 0 Å². The zero-order chi connectivity index (χ0) is 13.5. The minimum atomic E-state index is -0.141. The Bertz CT molecular complexity index is 405. The highest BCUT2D eigenvalue weighted by molar-refractivity contribution is 5.76. The molecule has 0 radical (unpaired) electrons. The average Bonchev–Trinajstić information content (AvgIpc) is 2.34. The molecule has 0 spiro atoms. The van der Waals surface area contributed by atoms with Crippen LogP contribution in [-0.4, -0.2) is 26.2 Å². The van der Waals surface area contributed by atoms with Gasteiger partial charge in [-0.05, 0) is 13.0 Å². The van der Waals surface area contributed by atoms with Crippen LogP contribution < -0.4 is 20.5 Å². The Kier molecular flexibility index (Phi) is 5.45. The summed E-state index contributed by atoms with van der Waals surface area (Å²) in [5.41, 5.74) is 6.43. The van der Waals surface area contributed by atoms with Crippen molar-refractivity contribution in [2.45, 2.75) is 25.9 Å². The number of hydrogen-bond donors (Lipinski definition) is 2. The van der Waals surface area contributed by atoms with Crippen LogP contribution in [0.15, 0.2) is 18.2 Å². The largest absolute Gasteiger partial charge is 0.493 e. The van der Waals surface area contributed by atoms with Gasteiger partial charge in [0.1, 0.15) is 0 Å². The van der Waals surface area contributed by atoms with Crippen molar-refractivity contribution in [1.29, 1.82) is 0 Å². The fraction of sp³-hybridized carbons (Fsp3) is 0.462. The highest BCUT2D eigenvalue weighted by atomic mass is 16.5. The Hall–Kier alpha value is -1.75. The Balaban J connectivity index is 2.70. The van der Waals surface area contributed by atoms with Gasteiger partial charge in [-0.1, -0.05) is 12.1 Å². The molecule has 0 aromatic heterocycles. The zero-order valence-electron chi connectivity index (χ0n) is 11.0. The van der Waals surface area contributed by atoms with Gasteiger partial charge in [0.15, 0.2) is 11.5 Å². The van der Waals surface area contributed by atoms with Crippen molar-refractivity contribution in [2.24, 2.45) is 5.73 Å². The number of para-hydroxylation sites is 1. The topological polar surface area (TPSA) is 73.6 Å². The van der Waals surface area contributed by atoms with Crippen molar-refractivity contribution >= 4 is 5.91 Å². The van der Waals surface area contributed by atoms with Crippen LogP contribution in [0.2, 0.25) is 0 Å². The minimum absolute atomic E-state index is 0.0742. The third-order valence-corrected chi connectivity index (χ3v) is 2.47. The van der Waals surface area contributed by atoms with Crippen molar-refractivity contribution in [3.05, 3.63) is 23.8 Å². The van der Waals surface area contributed by atoms with Crippen molar-refractivity contribution in [3.8, 4) is 11.5 Å². The molecule has 1 atom stereocenters. The maximum absolute atomic E-state index is 11.5. The first kappa shape index (κ1) is 14.3. The molecule has 0 aliphatic rings. The number of rotatable bonds is 6. The Labute approximate surface area is 107 Å². The molecule has 0 fully saturated rings. The van der Waals surface area contributed by atoms with E-state index >= 15 is 0 Å². The molecule has 0 aliphatic carbocycles. The maximum Gasteiger partial charge on any atom is 0.221 e. The molecule has 1 aromatic rings. The van der Waals surface area contributed by atoms with E-state index in [0.29, 0.717) is 24.5 Å². The first-order valence-electron chi connectivity index (χ1n) is 5.80. The van der Waals surface area contributed by atoms with Crippen LogP contribution in [0, 0.1) is 0 Å². The molecule has 1 unspecified atom stereocenters. The van der Waals surface area contributed by atoms with Gasteiger partial charge in [0.25, 0.3) is 0 Å². The van der Waals surface area contributed by atoms with E-state index in [4.69, 9.17) is 15.2 Å². The molecule has 0 heterocycles. The number of carbonyl (C=O) groups is 1. The number of benzene rings is 1. The summed E-state index contributed by atoms with van der Waals surface area (Å²) in [5.74, 6) is 1.22. The molecule has 1 aromatic carbocycles. The summed E-state index contributed by atoms with van der Waals surface area (Å²) in [4.78, 5) is 11.5. The van der Waals surface area contributed by atoms with Crippen LogP contribution in [0.1, 0.15) is 18.9 Å². The summed E-state index contributed by atoms with van der Waals surface area (Å²) in [6.07, 6.45) is 0.312. The molecule has 5 heteroatoms. The van der Waals surface area contributed by atoms with E-state index in [1.807, 2.05) is 18.2 Å². The molecule has 18 heavy (non-hydrogen) atoms. The monoisotopic (exact) mass is 252 g/mol. The molecule has 0 saturated carbocycles. The zero-order valence-corrected chi connectivity index (χ0v) is 11.0. The van der Waals surface area contributed by atoms with Crippen LogP contribution in [0.5, 0.6) is 11.5 Å². The lowest BCUT2D eigenvalue weighted by Gasteiger charge is -2.13. The third kappa shape index (κ3) is 3.92. The van der Waals surface area contributed by atoms with Crippen molar-refractivity contribution < 1.29 is 14.3 Å². The van der Waals surface area contributed by atoms with Crippen molar-refractivity contribution in [1.82, 2.24) is 5.32 Å². The van der Waals surface area contributed by atoms with Crippen LogP contribution in [-0.2, 0) is 11.3 Å². The number of nitrogens with one attached hydrogen (secondary N) is 1. The highest BCUT2D eigenvalue weighted by Gasteiger charge is 2.11. The summed E-state index contributed by atoms with van der Waals surface area (Å²) in [7, 11) is 3.15. The standard InChI is InChI=1S/C13H20N2O3/c1-9(14)7-12(16)15-8-10-5-4-6-11(17-2)13(10)18-3/h4-6,9H,7-8,14H2,1-3H3,(H,15,16). The van der Waals surface area contributed by atoms with Crippen LogP contribution in [0.3, 0.4) is 0 Å². The fourth-order valence-corrected chi connectivity index (χ4v) is 1.65. The molecule has 0 saturated heterocycles. The Morgan fingerprint density at radius 3 is 2.67 bits per heavy atom. The van der Waals surface area contributed by atoms with Gasteiger partial charge in [0.05, 0.1) is 14.2 Å². The van der Waals surface area contributed by atoms with Gasteiger partial charge in [-0.3, -0.25) is 4.79 Å². The van der Waals surface area contributed by atoms with Gasteiger partial charge in [0.2, 0.25) is 5.91 Å². The SMILES string of the molecule is COc1cccc(CNC(=O)CC(C)N)c1OC. The van der Waals surface area contributed by atoms with Gasteiger partial charge in [-0.25, -0.2) is 0 Å². The number of amides is 1. The van der Waals surface area contributed by atoms with Gasteiger partial charge in [-0.2, -0.15) is 0 Å². The number of ether oxygens (including phenoxy) is 2. The first-order valence-corrected chi connectivity index (χ1v) is 5.80. The van der Waals surface area contributed by atoms with E-state index in [9.17, 15) is 4.79 Å². The molecule has 100 valence electrons. The van der Waals surface area contributed by atoms with E-state index < -0.39 is 0 Å². The summed E-state index contributed by atoms with van der Waals surface area (Å²) in [5, 5.41) is 2.80. The lowest BCUT2D eigenvalue weighted by Crippen LogP contribution is -2.29. The minimum Gasteiger partial charge on any atom is -0.493 e. The smallest absolute Gasteiger partial charge is 0.221 e. The normalized spacial score (nSPS) is 11.8. The molecule has 5 nitrogen and oxygen atoms in total. The van der Waals surface area contributed by atoms with E-state index in [1.165, 1.54) is 0 Å². The van der Waals surface area contributed by atoms with E-state index in [2.05, 4.69) is 5.32 Å². The second-order valence-corrected chi connectivity index (χ2v) is 4.11. The molecular formula is C13H20N2O3. The van der Waals surface area contributed by atoms with E-state index in [1.54, 1.807) is 21.1 Å². The van der Waals surface area contributed by atoms with Crippen molar-refractivity contribution in [2.75, 3.05) is 14.2 Å². The van der Waals surface area contributed by atoms with Crippen molar-refractivity contribution in [3.63, 3.8) is 0 Å². The first-order chi connectivity index (χ1) is 8.58. The van der Waals surface area contributed by atoms with E-state index in [-0.39, 0.29) is 11.9 Å². The molecule has 1 rings (SSSR count). The summed E-state index contributed by atoms with van der Waals surface area (Å²) in [6, 6.07) is 5.41. The second-order valence-electron chi connectivity index (χ2n) is 4.11. The molecular weight excluding hydrogens is 232 g/mol.